The molecule has 8 heteroatoms. The molecule has 0 aliphatic rings. The predicted molar refractivity (Wildman–Crippen MR) is 69.7 cm³/mol. The lowest BCUT2D eigenvalue weighted by atomic mass is 10.3. The van der Waals surface area contributed by atoms with Gasteiger partial charge in [-0.15, -0.1) is 0 Å². The summed E-state index contributed by atoms with van der Waals surface area (Å²) in [5.74, 6) is 5.16. The van der Waals surface area contributed by atoms with E-state index < -0.39 is 10.0 Å². The molecule has 1 rings (SSSR count). The fraction of sp³-hybridized carbons (Fsp3) is 0.364. The van der Waals surface area contributed by atoms with Gasteiger partial charge < -0.3 is 4.74 Å². The quantitative estimate of drug-likeness (QED) is 0.277. The fourth-order valence-corrected chi connectivity index (χ4v) is 2.44. The Balaban J connectivity index is 2.53. The summed E-state index contributed by atoms with van der Waals surface area (Å²) < 4.78 is 31.1. The van der Waals surface area contributed by atoms with Crippen LogP contribution in [0.15, 0.2) is 29.2 Å². The Kier molecular flexibility index (Phi) is 5.74. The number of carbonyl (C=O) groups excluding carboxylic acids is 1. The molecule has 4 N–H and O–H groups in total. The van der Waals surface area contributed by atoms with Crippen molar-refractivity contribution in [1.29, 1.82) is 0 Å². The number of hydrogen-bond donors (Lipinski definition) is 3. The van der Waals surface area contributed by atoms with Crippen LogP contribution in [0, 0.1) is 0 Å². The van der Waals surface area contributed by atoms with Crippen LogP contribution in [0.4, 0.5) is 0 Å². The Hall–Kier alpha value is -1.64. The van der Waals surface area contributed by atoms with Crippen molar-refractivity contribution < 1.29 is 17.9 Å². The number of methoxy groups -OCH3 is 1. The molecule has 0 atom stereocenters. The lowest BCUT2D eigenvalue weighted by molar-refractivity contribution is -0.121. The molecule has 106 valence electrons. The smallest absolute Gasteiger partial charge is 0.240 e. The zero-order chi connectivity index (χ0) is 14.3. The third-order valence-electron chi connectivity index (χ3n) is 2.40. The zero-order valence-electron chi connectivity index (χ0n) is 10.5. The van der Waals surface area contributed by atoms with Crippen LogP contribution in [0.2, 0.25) is 0 Å². The van der Waals surface area contributed by atoms with Crippen molar-refractivity contribution in [1.82, 2.24) is 10.1 Å². The summed E-state index contributed by atoms with van der Waals surface area (Å²) in [7, 11) is -2.05. The molecule has 0 radical (unpaired) electrons. The van der Waals surface area contributed by atoms with Gasteiger partial charge in [0.2, 0.25) is 15.9 Å². The Morgan fingerprint density at radius 1 is 1.32 bits per heavy atom. The molecule has 0 aromatic heterocycles. The molecule has 1 amide bonds. The van der Waals surface area contributed by atoms with Crippen molar-refractivity contribution in [2.75, 3.05) is 13.7 Å². The number of carbonyl (C=O) groups is 1. The third kappa shape index (κ3) is 4.86. The molecule has 0 fully saturated rings. The molecule has 0 aliphatic carbocycles. The second kappa shape index (κ2) is 7.07. The number of hydrogen-bond acceptors (Lipinski definition) is 5. The first-order valence-electron chi connectivity index (χ1n) is 5.63. The lowest BCUT2D eigenvalue weighted by Crippen LogP contribution is -2.31. The maximum absolute atomic E-state index is 11.9. The highest BCUT2D eigenvalue weighted by atomic mass is 32.2. The second-order valence-corrected chi connectivity index (χ2v) is 5.51. The predicted octanol–water partition coefficient (Wildman–Crippen LogP) is -0.256. The Labute approximate surface area is 112 Å². The molecule has 1 aromatic rings. The van der Waals surface area contributed by atoms with Gasteiger partial charge in [-0.05, 0) is 30.7 Å². The van der Waals surface area contributed by atoms with E-state index in [9.17, 15) is 13.2 Å². The third-order valence-corrected chi connectivity index (χ3v) is 3.88. The van der Waals surface area contributed by atoms with Gasteiger partial charge in [-0.25, -0.2) is 19.0 Å². The van der Waals surface area contributed by atoms with E-state index in [1.807, 2.05) is 5.43 Å². The number of amides is 1. The van der Waals surface area contributed by atoms with E-state index in [0.29, 0.717) is 12.2 Å². The fourth-order valence-electron chi connectivity index (χ4n) is 1.37. The van der Waals surface area contributed by atoms with Crippen LogP contribution in [-0.2, 0) is 14.8 Å². The summed E-state index contributed by atoms with van der Waals surface area (Å²) in [4.78, 5) is 11.0. The summed E-state index contributed by atoms with van der Waals surface area (Å²) in [6.07, 6.45) is 0.542. The van der Waals surface area contributed by atoms with Crippen LogP contribution < -0.4 is 20.7 Å². The maximum atomic E-state index is 11.9. The lowest BCUT2D eigenvalue weighted by Gasteiger charge is -2.07. The van der Waals surface area contributed by atoms with Crippen LogP contribution in [0.1, 0.15) is 12.8 Å². The molecular formula is C11H17N3O4S. The topological polar surface area (TPSA) is 111 Å². The minimum Gasteiger partial charge on any atom is -0.497 e. The number of ether oxygens (including phenoxy) is 1. The molecule has 0 saturated heterocycles. The number of nitrogens with one attached hydrogen (secondary N) is 2. The number of benzene rings is 1. The largest absolute Gasteiger partial charge is 0.497 e. The van der Waals surface area contributed by atoms with Crippen LogP contribution >= 0.6 is 0 Å². The summed E-state index contributed by atoms with van der Waals surface area (Å²) in [5, 5.41) is 0. The summed E-state index contributed by atoms with van der Waals surface area (Å²) in [6.45, 7) is 0.168. The minimum absolute atomic E-state index is 0.150. The number of nitrogens with two attached hydrogens (primary N) is 1. The Morgan fingerprint density at radius 3 is 2.47 bits per heavy atom. The van der Waals surface area contributed by atoms with E-state index in [0.717, 1.165) is 0 Å². The Morgan fingerprint density at radius 2 is 1.95 bits per heavy atom. The van der Waals surface area contributed by atoms with E-state index in [2.05, 4.69) is 4.72 Å². The average molecular weight is 287 g/mol. The van der Waals surface area contributed by atoms with Crippen molar-refractivity contribution in [3.8, 4) is 5.75 Å². The van der Waals surface area contributed by atoms with Crippen LogP contribution in [-0.4, -0.2) is 28.0 Å². The highest BCUT2D eigenvalue weighted by molar-refractivity contribution is 7.89. The molecular weight excluding hydrogens is 270 g/mol. The zero-order valence-corrected chi connectivity index (χ0v) is 11.4. The van der Waals surface area contributed by atoms with Crippen LogP contribution in [0.3, 0.4) is 0 Å². The Bertz CT molecular complexity index is 513. The standard InChI is InChI=1S/C11H17N3O4S/c1-18-9-4-6-10(7-5-9)19(16,17)13-8-2-3-11(15)14-12/h4-7,13H,2-3,8,12H2,1H3,(H,14,15). The van der Waals surface area contributed by atoms with Gasteiger partial charge >= 0.3 is 0 Å². The van der Waals surface area contributed by atoms with Gasteiger partial charge in [0.05, 0.1) is 12.0 Å². The summed E-state index contributed by atoms with van der Waals surface area (Å²) >= 11 is 0. The first kappa shape index (κ1) is 15.4. The average Bonchev–Trinajstić information content (AvgIpc) is 2.43. The molecule has 0 saturated carbocycles. The molecule has 19 heavy (non-hydrogen) atoms. The van der Waals surface area contributed by atoms with E-state index in [-0.39, 0.29) is 23.8 Å². The molecule has 0 heterocycles. The van der Waals surface area contributed by atoms with Crippen molar-refractivity contribution in [2.24, 2.45) is 5.84 Å². The van der Waals surface area contributed by atoms with Crippen molar-refractivity contribution >= 4 is 15.9 Å². The van der Waals surface area contributed by atoms with Gasteiger partial charge in [-0.2, -0.15) is 0 Å². The molecule has 7 nitrogen and oxygen atoms in total. The number of sulfonamides is 1. The van der Waals surface area contributed by atoms with Gasteiger partial charge in [0.15, 0.2) is 0 Å². The van der Waals surface area contributed by atoms with E-state index >= 15 is 0 Å². The van der Waals surface area contributed by atoms with E-state index in [1.54, 1.807) is 12.1 Å². The number of hydrazine groups is 1. The second-order valence-electron chi connectivity index (χ2n) is 3.74. The van der Waals surface area contributed by atoms with Crippen LogP contribution in [0.25, 0.3) is 0 Å². The normalized spacial score (nSPS) is 11.1. The summed E-state index contributed by atoms with van der Waals surface area (Å²) in [6, 6.07) is 6.04. The van der Waals surface area contributed by atoms with Crippen LogP contribution in [0.5, 0.6) is 5.75 Å². The van der Waals surface area contributed by atoms with Crippen molar-refractivity contribution in [3.63, 3.8) is 0 Å². The van der Waals surface area contributed by atoms with E-state index in [1.165, 1.54) is 19.2 Å². The monoisotopic (exact) mass is 287 g/mol. The first-order chi connectivity index (χ1) is 8.99. The van der Waals surface area contributed by atoms with Gasteiger partial charge in [0.1, 0.15) is 5.75 Å². The van der Waals surface area contributed by atoms with Crippen molar-refractivity contribution in [2.45, 2.75) is 17.7 Å². The molecule has 0 unspecified atom stereocenters. The molecule has 0 aliphatic heterocycles. The number of rotatable bonds is 7. The highest BCUT2D eigenvalue weighted by Gasteiger charge is 2.13. The van der Waals surface area contributed by atoms with Gasteiger partial charge in [0.25, 0.3) is 0 Å². The van der Waals surface area contributed by atoms with Gasteiger partial charge in [0, 0.05) is 13.0 Å². The molecule has 1 aromatic carbocycles. The summed E-state index contributed by atoms with van der Waals surface area (Å²) in [5.41, 5.74) is 1.98. The van der Waals surface area contributed by atoms with Gasteiger partial charge in [-0.3, -0.25) is 10.2 Å². The maximum Gasteiger partial charge on any atom is 0.240 e. The van der Waals surface area contributed by atoms with E-state index in [4.69, 9.17) is 10.6 Å². The van der Waals surface area contributed by atoms with Crippen molar-refractivity contribution in [3.05, 3.63) is 24.3 Å². The molecule has 0 bridgehead atoms. The SMILES string of the molecule is COc1ccc(S(=O)(=O)NCCCC(=O)NN)cc1. The molecule has 0 spiro atoms. The highest BCUT2D eigenvalue weighted by Crippen LogP contribution is 2.15. The first-order valence-corrected chi connectivity index (χ1v) is 7.11. The minimum atomic E-state index is -3.56. The van der Waals surface area contributed by atoms with Gasteiger partial charge in [-0.1, -0.05) is 0 Å².